The van der Waals surface area contributed by atoms with Gasteiger partial charge < -0.3 is 19.8 Å². The number of carboxylic acid groups (broad SMARTS) is 1. The van der Waals surface area contributed by atoms with Crippen LogP contribution >= 0.6 is 0 Å². The molecule has 2 aliphatic heterocycles. The zero-order valence-electron chi connectivity index (χ0n) is 16.0. The number of hydrogen-bond acceptors (Lipinski definition) is 6. The number of anilines is 1. The van der Waals surface area contributed by atoms with Crippen LogP contribution in [0, 0.1) is 5.92 Å². The first kappa shape index (κ1) is 19.6. The molecule has 2 amide bonds. The Balaban J connectivity index is 1.57. The van der Waals surface area contributed by atoms with Crippen molar-refractivity contribution in [2.45, 2.75) is 25.5 Å². The Morgan fingerprint density at radius 3 is 2.73 bits per heavy atom. The fraction of sp³-hybridized carbons (Fsp3) is 0.238. The molecule has 2 aromatic rings. The second-order valence-corrected chi connectivity index (χ2v) is 7.14. The Kier molecular flexibility index (Phi) is 4.96. The standard InChI is InChI=1S/C21H19N3O6/c1-11(25)17-15-10-14(18(20(27)28)24(15)19(17)26)12-5-4-6-13(9-12)30-21(29)23-16-7-2-3-8-22-16/h2-9,11,15,17,25H,10H2,1H3,(H,27,28)(H,22,23,29)/t11-,15-,17-/m1/s1. The number of benzene rings is 1. The molecule has 9 nitrogen and oxygen atoms in total. The Bertz CT molecular complexity index is 1050. The molecule has 2 aliphatic rings. The highest BCUT2D eigenvalue weighted by molar-refractivity contribution is 6.06. The highest BCUT2D eigenvalue weighted by Crippen LogP contribution is 2.47. The van der Waals surface area contributed by atoms with E-state index in [0.29, 0.717) is 23.4 Å². The summed E-state index contributed by atoms with van der Waals surface area (Å²) in [6.45, 7) is 1.52. The largest absolute Gasteiger partial charge is 0.477 e. The summed E-state index contributed by atoms with van der Waals surface area (Å²) in [4.78, 5) is 41.5. The number of ether oxygens (including phenoxy) is 1. The Morgan fingerprint density at radius 2 is 2.07 bits per heavy atom. The lowest BCUT2D eigenvalue weighted by atomic mass is 9.82. The molecule has 1 fully saturated rings. The zero-order valence-corrected chi connectivity index (χ0v) is 16.0. The summed E-state index contributed by atoms with van der Waals surface area (Å²) in [5.41, 5.74) is 0.888. The minimum Gasteiger partial charge on any atom is -0.477 e. The molecule has 0 aliphatic carbocycles. The predicted octanol–water partition coefficient (Wildman–Crippen LogP) is 2.10. The molecule has 0 bridgehead atoms. The number of carbonyl (C=O) groups excluding carboxylic acids is 2. The molecule has 30 heavy (non-hydrogen) atoms. The van der Waals surface area contributed by atoms with Crippen LogP contribution in [-0.4, -0.2) is 50.2 Å². The number of aliphatic hydroxyl groups is 1. The summed E-state index contributed by atoms with van der Waals surface area (Å²) in [6.07, 6.45) is 0.227. The summed E-state index contributed by atoms with van der Waals surface area (Å²) in [5.74, 6) is -1.70. The van der Waals surface area contributed by atoms with Crippen molar-refractivity contribution in [2.75, 3.05) is 5.32 Å². The molecule has 4 rings (SSSR count). The van der Waals surface area contributed by atoms with E-state index < -0.39 is 36.0 Å². The van der Waals surface area contributed by atoms with Crippen molar-refractivity contribution in [1.82, 2.24) is 9.88 Å². The summed E-state index contributed by atoms with van der Waals surface area (Å²) in [5, 5.41) is 22.0. The summed E-state index contributed by atoms with van der Waals surface area (Å²) < 4.78 is 5.28. The number of nitrogens with one attached hydrogen (secondary N) is 1. The highest BCUT2D eigenvalue weighted by atomic mass is 16.6. The monoisotopic (exact) mass is 409 g/mol. The Morgan fingerprint density at radius 1 is 1.27 bits per heavy atom. The van der Waals surface area contributed by atoms with Crippen LogP contribution in [0.3, 0.4) is 0 Å². The number of carboxylic acids is 1. The van der Waals surface area contributed by atoms with Gasteiger partial charge in [-0.1, -0.05) is 18.2 Å². The first-order valence-corrected chi connectivity index (χ1v) is 9.34. The molecule has 9 heteroatoms. The maximum absolute atomic E-state index is 12.3. The molecule has 1 aromatic heterocycles. The maximum Gasteiger partial charge on any atom is 0.418 e. The molecule has 1 saturated heterocycles. The third-order valence-corrected chi connectivity index (χ3v) is 5.22. The van der Waals surface area contributed by atoms with Gasteiger partial charge in [-0.25, -0.2) is 14.6 Å². The number of amides is 2. The Hall–Kier alpha value is -3.72. The molecule has 3 N–H and O–H groups in total. The predicted molar refractivity (Wildman–Crippen MR) is 105 cm³/mol. The number of pyridine rings is 1. The van der Waals surface area contributed by atoms with E-state index in [9.17, 15) is 24.6 Å². The van der Waals surface area contributed by atoms with Gasteiger partial charge in [0, 0.05) is 6.20 Å². The lowest BCUT2D eigenvalue weighted by Crippen LogP contribution is -2.61. The van der Waals surface area contributed by atoms with Gasteiger partial charge in [-0.3, -0.25) is 10.1 Å². The molecular formula is C21H19N3O6. The van der Waals surface area contributed by atoms with Crippen LogP contribution in [-0.2, 0) is 9.59 Å². The number of hydrogen-bond donors (Lipinski definition) is 3. The summed E-state index contributed by atoms with van der Waals surface area (Å²) >= 11 is 0. The number of aromatic nitrogens is 1. The van der Waals surface area contributed by atoms with Crippen molar-refractivity contribution in [2.24, 2.45) is 5.92 Å². The fourth-order valence-corrected chi connectivity index (χ4v) is 3.95. The van der Waals surface area contributed by atoms with Gasteiger partial charge in [-0.05, 0) is 48.7 Å². The third-order valence-electron chi connectivity index (χ3n) is 5.22. The number of fused-ring (bicyclic) bond motifs is 1. The van der Waals surface area contributed by atoms with Gasteiger partial charge in [0.1, 0.15) is 17.3 Å². The molecule has 154 valence electrons. The average Bonchev–Trinajstić information content (AvgIpc) is 3.04. The summed E-state index contributed by atoms with van der Waals surface area (Å²) in [6, 6.07) is 11.1. The topological polar surface area (TPSA) is 129 Å². The molecular weight excluding hydrogens is 390 g/mol. The molecule has 0 spiro atoms. The van der Waals surface area contributed by atoms with E-state index in [1.54, 1.807) is 42.5 Å². The van der Waals surface area contributed by atoms with Crippen LogP contribution < -0.4 is 10.1 Å². The second kappa shape index (κ2) is 7.60. The normalized spacial score (nSPS) is 21.0. The van der Waals surface area contributed by atoms with Crippen molar-refractivity contribution >= 4 is 29.4 Å². The van der Waals surface area contributed by atoms with Crippen molar-refractivity contribution in [3.05, 3.63) is 59.9 Å². The van der Waals surface area contributed by atoms with E-state index in [1.165, 1.54) is 18.0 Å². The molecule has 0 radical (unpaired) electrons. The van der Waals surface area contributed by atoms with E-state index in [0.717, 1.165) is 0 Å². The van der Waals surface area contributed by atoms with Crippen LogP contribution in [0.2, 0.25) is 0 Å². The van der Waals surface area contributed by atoms with Crippen LogP contribution in [0.5, 0.6) is 5.75 Å². The van der Waals surface area contributed by atoms with Gasteiger partial charge in [0.2, 0.25) is 5.91 Å². The minimum absolute atomic E-state index is 0.100. The average molecular weight is 409 g/mol. The first-order valence-electron chi connectivity index (χ1n) is 9.34. The van der Waals surface area contributed by atoms with Gasteiger partial charge in [0.05, 0.1) is 18.1 Å². The number of β-lactam (4-membered cyclic amide) rings is 1. The maximum atomic E-state index is 12.3. The van der Waals surface area contributed by atoms with E-state index >= 15 is 0 Å². The van der Waals surface area contributed by atoms with Gasteiger partial charge in [0.25, 0.3) is 0 Å². The summed E-state index contributed by atoms with van der Waals surface area (Å²) in [7, 11) is 0. The quantitative estimate of drug-likeness (QED) is 0.645. The van der Waals surface area contributed by atoms with E-state index in [2.05, 4.69) is 10.3 Å². The van der Waals surface area contributed by atoms with E-state index in [4.69, 9.17) is 4.74 Å². The SMILES string of the molecule is C[C@@H](O)[C@H]1C(=O)N2C(C(=O)O)=C(c3cccc(OC(=O)Nc4ccccn4)c3)C[C@H]12. The van der Waals surface area contributed by atoms with Gasteiger partial charge in [-0.15, -0.1) is 0 Å². The zero-order chi connectivity index (χ0) is 21.4. The molecule has 3 atom stereocenters. The number of aliphatic hydroxyl groups excluding tert-OH is 1. The van der Waals surface area contributed by atoms with Crippen LogP contribution in [0.15, 0.2) is 54.4 Å². The van der Waals surface area contributed by atoms with Crippen LogP contribution in [0.4, 0.5) is 10.6 Å². The fourth-order valence-electron chi connectivity index (χ4n) is 3.95. The van der Waals surface area contributed by atoms with Gasteiger partial charge in [-0.2, -0.15) is 0 Å². The van der Waals surface area contributed by atoms with Gasteiger partial charge in [0.15, 0.2) is 0 Å². The van der Waals surface area contributed by atoms with E-state index in [1.807, 2.05) is 0 Å². The van der Waals surface area contributed by atoms with Crippen LogP contribution in [0.1, 0.15) is 18.9 Å². The second-order valence-electron chi connectivity index (χ2n) is 7.14. The van der Waals surface area contributed by atoms with Crippen molar-refractivity contribution in [1.29, 1.82) is 0 Å². The lowest BCUT2D eigenvalue weighted by Gasteiger charge is -2.44. The molecule has 0 unspecified atom stereocenters. The molecule has 1 aromatic carbocycles. The van der Waals surface area contributed by atoms with Crippen molar-refractivity contribution in [3.63, 3.8) is 0 Å². The van der Waals surface area contributed by atoms with Gasteiger partial charge >= 0.3 is 12.1 Å². The van der Waals surface area contributed by atoms with E-state index in [-0.39, 0.29) is 11.4 Å². The number of rotatable bonds is 5. The smallest absolute Gasteiger partial charge is 0.418 e. The molecule has 0 saturated carbocycles. The lowest BCUT2D eigenvalue weighted by molar-refractivity contribution is -0.161. The van der Waals surface area contributed by atoms with Crippen molar-refractivity contribution in [3.8, 4) is 5.75 Å². The number of nitrogens with zero attached hydrogens (tertiary/aromatic N) is 2. The molecule has 3 heterocycles. The number of carbonyl (C=O) groups is 3. The van der Waals surface area contributed by atoms with Crippen LogP contribution in [0.25, 0.3) is 5.57 Å². The highest BCUT2D eigenvalue weighted by Gasteiger charge is 2.56. The number of aliphatic carboxylic acids is 1. The minimum atomic E-state index is -1.22. The van der Waals surface area contributed by atoms with Crippen molar-refractivity contribution < 1.29 is 29.3 Å². The third kappa shape index (κ3) is 3.39. The first-order chi connectivity index (χ1) is 14.4. The Labute approximate surface area is 171 Å².